The predicted octanol–water partition coefficient (Wildman–Crippen LogP) is 1.34. The third kappa shape index (κ3) is 4.46. The van der Waals surface area contributed by atoms with Crippen LogP contribution in [0.25, 0.3) is 0 Å². The maximum atomic E-state index is 12.1. The van der Waals surface area contributed by atoms with E-state index in [4.69, 9.17) is 5.11 Å². The zero-order valence-corrected chi connectivity index (χ0v) is 11.2. The Morgan fingerprint density at radius 2 is 2.24 bits per heavy atom. The Labute approximate surface area is 106 Å². The predicted molar refractivity (Wildman–Crippen MR) is 68.4 cm³/mol. The van der Waals surface area contributed by atoms with Gasteiger partial charge < -0.3 is 14.9 Å². The van der Waals surface area contributed by atoms with E-state index in [0.717, 1.165) is 12.2 Å². The van der Waals surface area contributed by atoms with Crippen molar-refractivity contribution in [1.29, 1.82) is 0 Å². The van der Waals surface area contributed by atoms with Crippen LogP contribution in [0.2, 0.25) is 0 Å². The van der Waals surface area contributed by atoms with E-state index in [-0.39, 0.29) is 12.6 Å². The van der Waals surface area contributed by atoms with Crippen molar-refractivity contribution in [3.05, 3.63) is 0 Å². The largest absolute Gasteiger partial charge is 0.480 e. The highest BCUT2D eigenvalue weighted by Crippen LogP contribution is 2.18. The SMILES string of the molecule is CCCN(CC(=O)O)C(=O)N1CCSC(C)C1. The van der Waals surface area contributed by atoms with Gasteiger partial charge in [-0.2, -0.15) is 11.8 Å². The summed E-state index contributed by atoms with van der Waals surface area (Å²) in [5, 5.41) is 9.22. The summed E-state index contributed by atoms with van der Waals surface area (Å²) in [5.74, 6) is -0.0221. The molecule has 0 bridgehead atoms. The average molecular weight is 260 g/mol. The van der Waals surface area contributed by atoms with Gasteiger partial charge in [0, 0.05) is 30.6 Å². The summed E-state index contributed by atoms with van der Waals surface area (Å²) in [4.78, 5) is 26.1. The van der Waals surface area contributed by atoms with E-state index in [9.17, 15) is 9.59 Å². The minimum Gasteiger partial charge on any atom is -0.480 e. The first-order valence-corrected chi connectivity index (χ1v) is 6.96. The van der Waals surface area contributed by atoms with E-state index in [0.29, 0.717) is 24.9 Å². The highest BCUT2D eigenvalue weighted by molar-refractivity contribution is 7.99. The molecule has 0 aromatic carbocycles. The number of carbonyl (C=O) groups excluding carboxylic acids is 1. The molecule has 17 heavy (non-hydrogen) atoms. The van der Waals surface area contributed by atoms with Gasteiger partial charge in [-0.1, -0.05) is 13.8 Å². The normalized spacial score (nSPS) is 20.1. The Hall–Kier alpha value is -0.910. The Balaban J connectivity index is 2.59. The molecule has 1 rings (SSSR count). The second kappa shape index (κ2) is 6.74. The van der Waals surface area contributed by atoms with Crippen molar-refractivity contribution in [2.75, 3.05) is 31.9 Å². The molecule has 0 saturated carbocycles. The second-order valence-electron chi connectivity index (χ2n) is 4.23. The van der Waals surface area contributed by atoms with E-state index >= 15 is 0 Å². The summed E-state index contributed by atoms with van der Waals surface area (Å²) in [7, 11) is 0. The highest BCUT2D eigenvalue weighted by Gasteiger charge is 2.26. The number of amides is 2. The van der Waals surface area contributed by atoms with Crippen molar-refractivity contribution in [3.63, 3.8) is 0 Å². The van der Waals surface area contributed by atoms with Gasteiger partial charge in [0.05, 0.1) is 0 Å². The first-order chi connectivity index (χ1) is 8.04. The Morgan fingerprint density at radius 1 is 1.53 bits per heavy atom. The first kappa shape index (κ1) is 14.2. The van der Waals surface area contributed by atoms with Crippen LogP contribution in [0.4, 0.5) is 4.79 Å². The second-order valence-corrected chi connectivity index (χ2v) is 5.77. The van der Waals surface area contributed by atoms with E-state index in [1.165, 1.54) is 4.90 Å². The molecule has 2 amide bonds. The Bertz CT molecular complexity index is 286. The lowest BCUT2D eigenvalue weighted by molar-refractivity contribution is -0.137. The molecule has 1 N–H and O–H groups in total. The molecule has 1 aliphatic rings. The van der Waals surface area contributed by atoms with E-state index in [1.54, 1.807) is 4.90 Å². The molecule has 0 aromatic heterocycles. The van der Waals surface area contributed by atoms with Crippen LogP contribution in [0.5, 0.6) is 0 Å². The fourth-order valence-electron chi connectivity index (χ4n) is 1.87. The number of carboxylic acids is 1. The number of carbonyl (C=O) groups is 2. The van der Waals surface area contributed by atoms with Crippen LogP contribution in [0.3, 0.4) is 0 Å². The van der Waals surface area contributed by atoms with Crippen LogP contribution in [0, 0.1) is 0 Å². The third-order valence-corrected chi connectivity index (χ3v) is 3.74. The molecule has 1 unspecified atom stereocenters. The molecule has 1 heterocycles. The molecule has 5 nitrogen and oxygen atoms in total. The van der Waals surface area contributed by atoms with Crippen molar-refractivity contribution in [2.24, 2.45) is 0 Å². The van der Waals surface area contributed by atoms with E-state index in [2.05, 4.69) is 6.92 Å². The number of hydrogen-bond donors (Lipinski definition) is 1. The first-order valence-electron chi connectivity index (χ1n) is 5.91. The van der Waals surface area contributed by atoms with E-state index in [1.807, 2.05) is 18.7 Å². The van der Waals surface area contributed by atoms with Crippen molar-refractivity contribution in [1.82, 2.24) is 9.80 Å². The monoisotopic (exact) mass is 260 g/mol. The van der Waals surface area contributed by atoms with Crippen molar-refractivity contribution < 1.29 is 14.7 Å². The van der Waals surface area contributed by atoms with Crippen molar-refractivity contribution >= 4 is 23.8 Å². The maximum Gasteiger partial charge on any atom is 0.323 e. The molecule has 1 atom stereocenters. The summed E-state index contributed by atoms with van der Waals surface area (Å²) in [5.41, 5.74) is 0. The van der Waals surface area contributed by atoms with Gasteiger partial charge in [-0.05, 0) is 6.42 Å². The zero-order valence-electron chi connectivity index (χ0n) is 10.4. The van der Waals surface area contributed by atoms with Gasteiger partial charge in [-0.15, -0.1) is 0 Å². The number of aliphatic carboxylic acids is 1. The van der Waals surface area contributed by atoms with E-state index < -0.39 is 5.97 Å². The van der Waals surface area contributed by atoms with Crippen molar-refractivity contribution in [3.8, 4) is 0 Å². The molecule has 0 aliphatic carbocycles. The lowest BCUT2D eigenvalue weighted by Crippen LogP contribution is -2.49. The topological polar surface area (TPSA) is 60.9 Å². The minimum atomic E-state index is -0.953. The van der Waals surface area contributed by atoms with Gasteiger partial charge in [-0.3, -0.25) is 4.79 Å². The summed E-state index contributed by atoms with van der Waals surface area (Å²) in [6.45, 7) is 5.76. The number of hydrogen-bond acceptors (Lipinski definition) is 3. The molecule has 0 radical (unpaired) electrons. The molecule has 98 valence electrons. The zero-order chi connectivity index (χ0) is 12.8. The fourth-order valence-corrected chi connectivity index (χ4v) is 2.88. The quantitative estimate of drug-likeness (QED) is 0.828. The summed E-state index contributed by atoms with van der Waals surface area (Å²) in [6.07, 6.45) is 0.775. The van der Waals surface area contributed by atoms with Gasteiger partial charge in [0.25, 0.3) is 0 Å². The fraction of sp³-hybridized carbons (Fsp3) is 0.818. The third-order valence-electron chi connectivity index (χ3n) is 2.60. The standard InChI is InChI=1S/C11H20N2O3S/c1-3-4-12(8-10(14)15)11(16)13-5-6-17-9(2)7-13/h9H,3-8H2,1-2H3,(H,14,15). The molecule has 1 saturated heterocycles. The Morgan fingerprint density at radius 3 is 2.76 bits per heavy atom. The number of urea groups is 1. The molecule has 6 heteroatoms. The average Bonchev–Trinajstić information content (AvgIpc) is 2.27. The van der Waals surface area contributed by atoms with Gasteiger partial charge in [0.1, 0.15) is 6.54 Å². The lowest BCUT2D eigenvalue weighted by Gasteiger charge is -2.34. The summed E-state index contributed by atoms with van der Waals surface area (Å²) in [6, 6.07) is -0.138. The van der Waals surface area contributed by atoms with Crippen LogP contribution < -0.4 is 0 Å². The van der Waals surface area contributed by atoms with Gasteiger partial charge in [0.15, 0.2) is 0 Å². The lowest BCUT2D eigenvalue weighted by atomic mass is 10.3. The van der Waals surface area contributed by atoms with Crippen LogP contribution >= 0.6 is 11.8 Å². The van der Waals surface area contributed by atoms with Gasteiger partial charge >= 0.3 is 12.0 Å². The van der Waals surface area contributed by atoms with Crippen LogP contribution in [-0.4, -0.2) is 64.1 Å². The summed E-state index contributed by atoms with van der Waals surface area (Å²) < 4.78 is 0. The summed E-state index contributed by atoms with van der Waals surface area (Å²) >= 11 is 1.85. The number of carboxylic acid groups (broad SMARTS) is 1. The highest BCUT2D eigenvalue weighted by atomic mass is 32.2. The maximum absolute atomic E-state index is 12.1. The molecular formula is C11H20N2O3S. The van der Waals surface area contributed by atoms with Gasteiger partial charge in [-0.25, -0.2) is 4.79 Å². The Kier molecular flexibility index (Phi) is 5.61. The van der Waals surface area contributed by atoms with Crippen LogP contribution in [0.1, 0.15) is 20.3 Å². The number of rotatable bonds is 4. The molecule has 0 aromatic rings. The van der Waals surface area contributed by atoms with Gasteiger partial charge in [0.2, 0.25) is 0 Å². The van der Waals surface area contributed by atoms with Crippen molar-refractivity contribution in [2.45, 2.75) is 25.5 Å². The minimum absolute atomic E-state index is 0.138. The number of nitrogens with zero attached hydrogens (tertiary/aromatic N) is 2. The number of thioether (sulfide) groups is 1. The molecular weight excluding hydrogens is 240 g/mol. The molecule has 1 fully saturated rings. The van der Waals surface area contributed by atoms with Crippen LogP contribution in [-0.2, 0) is 4.79 Å². The smallest absolute Gasteiger partial charge is 0.323 e. The van der Waals surface area contributed by atoms with Crippen LogP contribution in [0.15, 0.2) is 0 Å². The molecule has 0 spiro atoms. The molecule has 1 aliphatic heterocycles.